The first-order valence-corrected chi connectivity index (χ1v) is 8.39. The summed E-state index contributed by atoms with van der Waals surface area (Å²) in [7, 11) is 0. The van der Waals surface area contributed by atoms with Gasteiger partial charge in [-0.2, -0.15) is 0 Å². The lowest BCUT2D eigenvalue weighted by atomic mass is 10.2. The Morgan fingerprint density at radius 2 is 2.12 bits per heavy atom. The maximum absolute atomic E-state index is 12.6. The Morgan fingerprint density at radius 1 is 1.23 bits per heavy atom. The quantitative estimate of drug-likeness (QED) is 0.616. The molecule has 26 heavy (non-hydrogen) atoms. The number of imidazole rings is 1. The number of fused-ring (bicyclic) bond motifs is 1. The molecule has 4 rings (SSSR count). The van der Waals surface area contributed by atoms with Crippen LogP contribution in [0.4, 0.5) is 5.69 Å². The van der Waals surface area contributed by atoms with Gasteiger partial charge in [0.15, 0.2) is 5.82 Å². The van der Waals surface area contributed by atoms with Gasteiger partial charge in [-0.1, -0.05) is 12.1 Å². The van der Waals surface area contributed by atoms with Gasteiger partial charge in [-0.15, -0.1) is 10.2 Å². The molecule has 3 heterocycles. The predicted molar refractivity (Wildman–Crippen MR) is 99.0 cm³/mol. The minimum absolute atomic E-state index is 0.250. The second kappa shape index (κ2) is 6.44. The molecular formula is C19H18N6O. The first-order valence-electron chi connectivity index (χ1n) is 8.39. The van der Waals surface area contributed by atoms with Crippen LogP contribution in [0.25, 0.3) is 17.0 Å². The van der Waals surface area contributed by atoms with Crippen molar-refractivity contribution < 1.29 is 4.79 Å². The third-order valence-corrected chi connectivity index (χ3v) is 4.18. The van der Waals surface area contributed by atoms with Crippen LogP contribution in [0.3, 0.4) is 0 Å². The van der Waals surface area contributed by atoms with Gasteiger partial charge in [0.05, 0.1) is 0 Å². The fraction of sp³-hybridized carbons (Fsp3) is 0.158. The van der Waals surface area contributed by atoms with Gasteiger partial charge >= 0.3 is 0 Å². The number of carbonyl (C=O) groups is 1. The van der Waals surface area contributed by atoms with Crippen LogP contribution < -0.4 is 5.32 Å². The summed E-state index contributed by atoms with van der Waals surface area (Å²) in [5.74, 6) is 0.521. The molecule has 0 radical (unpaired) electrons. The summed E-state index contributed by atoms with van der Waals surface area (Å²) in [6.45, 7) is 4.80. The maximum atomic E-state index is 12.6. The fourth-order valence-electron chi connectivity index (χ4n) is 2.83. The maximum Gasteiger partial charge on any atom is 0.275 e. The number of anilines is 1. The van der Waals surface area contributed by atoms with E-state index in [-0.39, 0.29) is 5.91 Å². The lowest BCUT2D eigenvalue weighted by Gasteiger charge is -2.07. The normalized spacial score (nSPS) is 11.0. The summed E-state index contributed by atoms with van der Waals surface area (Å²) < 4.78 is 3.79. The predicted octanol–water partition coefficient (Wildman–Crippen LogP) is 3.17. The number of hydrogen-bond acceptors (Lipinski definition) is 4. The third-order valence-electron chi connectivity index (χ3n) is 4.18. The lowest BCUT2D eigenvalue weighted by molar-refractivity contribution is 0.102. The molecule has 0 unspecified atom stereocenters. The molecule has 1 amide bonds. The average molecular weight is 346 g/mol. The molecule has 1 N–H and O–H groups in total. The van der Waals surface area contributed by atoms with Crippen molar-refractivity contribution in [3.8, 4) is 11.4 Å². The summed E-state index contributed by atoms with van der Waals surface area (Å²) in [5.41, 5.74) is 3.81. The number of benzene rings is 1. The molecule has 0 aliphatic carbocycles. The molecule has 0 aliphatic heterocycles. The lowest BCUT2D eigenvalue weighted by Crippen LogP contribution is -2.12. The zero-order chi connectivity index (χ0) is 18.1. The van der Waals surface area contributed by atoms with Crippen LogP contribution in [-0.4, -0.2) is 30.1 Å². The number of nitrogens with one attached hydrogen (secondary N) is 1. The molecule has 0 saturated heterocycles. The Kier molecular flexibility index (Phi) is 3.96. The number of aryl methyl sites for hydroxylation is 2. The number of carbonyl (C=O) groups excluding carboxylic acids is 1. The van der Waals surface area contributed by atoms with Crippen LogP contribution in [0.1, 0.15) is 23.0 Å². The molecule has 7 nitrogen and oxygen atoms in total. The van der Waals surface area contributed by atoms with Crippen LogP contribution in [0.5, 0.6) is 0 Å². The number of aromatic nitrogens is 5. The van der Waals surface area contributed by atoms with Crippen LogP contribution in [0, 0.1) is 6.92 Å². The highest BCUT2D eigenvalue weighted by Gasteiger charge is 2.12. The molecule has 3 aromatic heterocycles. The molecule has 7 heteroatoms. The molecule has 0 fully saturated rings. The molecule has 0 atom stereocenters. The van der Waals surface area contributed by atoms with Gasteiger partial charge in [0, 0.05) is 30.2 Å². The highest BCUT2D eigenvalue weighted by atomic mass is 16.1. The van der Waals surface area contributed by atoms with Crippen LogP contribution >= 0.6 is 0 Å². The first kappa shape index (κ1) is 16.0. The zero-order valence-corrected chi connectivity index (χ0v) is 14.5. The highest BCUT2D eigenvalue weighted by Crippen LogP contribution is 2.21. The highest BCUT2D eigenvalue weighted by molar-refractivity contribution is 6.03. The Morgan fingerprint density at radius 3 is 2.96 bits per heavy atom. The molecule has 0 aliphatic rings. The largest absolute Gasteiger partial charge is 0.321 e. The van der Waals surface area contributed by atoms with Crippen molar-refractivity contribution in [2.24, 2.45) is 0 Å². The summed E-state index contributed by atoms with van der Waals surface area (Å²) in [5, 5.41) is 11.0. The van der Waals surface area contributed by atoms with Crippen molar-refractivity contribution in [2.75, 3.05) is 5.32 Å². The summed E-state index contributed by atoms with van der Waals surface area (Å²) in [4.78, 5) is 17.0. The fourth-order valence-corrected chi connectivity index (χ4v) is 2.83. The van der Waals surface area contributed by atoms with E-state index in [9.17, 15) is 4.79 Å². The molecular weight excluding hydrogens is 328 g/mol. The van der Waals surface area contributed by atoms with Crippen LogP contribution in [-0.2, 0) is 6.54 Å². The van der Waals surface area contributed by atoms with Crippen molar-refractivity contribution in [1.29, 1.82) is 0 Å². The van der Waals surface area contributed by atoms with Crippen LogP contribution in [0.2, 0.25) is 0 Å². The van der Waals surface area contributed by atoms with Crippen LogP contribution in [0.15, 0.2) is 55.1 Å². The van der Waals surface area contributed by atoms with E-state index < -0.39 is 0 Å². The standard InChI is InChI=1S/C19H18N6O/c1-3-24-12-20-23-18(24)14-5-4-6-15(10-14)21-19(26)16-11-25-8-7-13(2)9-17(25)22-16/h4-12H,3H2,1-2H3,(H,21,26). The summed E-state index contributed by atoms with van der Waals surface area (Å²) in [6.07, 6.45) is 5.31. The molecule has 0 saturated carbocycles. The number of rotatable bonds is 4. The Balaban J connectivity index is 1.60. The van der Waals surface area contributed by atoms with E-state index >= 15 is 0 Å². The average Bonchev–Trinajstić information content (AvgIpc) is 3.28. The van der Waals surface area contributed by atoms with Gasteiger partial charge in [-0.3, -0.25) is 4.79 Å². The van der Waals surface area contributed by atoms with E-state index in [1.165, 1.54) is 0 Å². The number of pyridine rings is 1. The van der Waals surface area contributed by atoms with Crippen molar-refractivity contribution in [3.05, 3.63) is 66.4 Å². The molecule has 130 valence electrons. The smallest absolute Gasteiger partial charge is 0.275 e. The van der Waals surface area contributed by atoms with Gasteiger partial charge in [-0.25, -0.2) is 4.98 Å². The van der Waals surface area contributed by atoms with Crippen molar-refractivity contribution in [1.82, 2.24) is 24.1 Å². The molecule has 0 bridgehead atoms. The summed E-state index contributed by atoms with van der Waals surface area (Å²) in [6, 6.07) is 11.5. The second-order valence-corrected chi connectivity index (χ2v) is 6.07. The van der Waals surface area contributed by atoms with E-state index in [2.05, 4.69) is 20.5 Å². The third kappa shape index (κ3) is 2.95. The second-order valence-electron chi connectivity index (χ2n) is 6.07. The van der Waals surface area contributed by atoms with Gasteiger partial charge in [-0.05, 0) is 43.7 Å². The molecule has 0 spiro atoms. The summed E-state index contributed by atoms with van der Waals surface area (Å²) >= 11 is 0. The van der Waals surface area contributed by atoms with Gasteiger partial charge in [0.2, 0.25) is 0 Å². The van der Waals surface area contributed by atoms with Gasteiger partial charge in [0.25, 0.3) is 5.91 Å². The first-order chi connectivity index (χ1) is 12.6. The Labute approximate surface area is 150 Å². The number of amides is 1. The van der Waals surface area contributed by atoms with Crippen molar-refractivity contribution in [2.45, 2.75) is 20.4 Å². The van der Waals surface area contributed by atoms with E-state index in [0.29, 0.717) is 11.4 Å². The SMILES string of the molecule is CCn1cnnc1-c1cccc(NC(=O)c2cn3ccc(C)cc3n2)c1. The van der Waals surface area contributed by atoms with E-state index in [0.717, 1.165) is 29.1 Å². The van der Waals surface area contributed by atoms with Crippen molar-refractivity contribution in [3.63, 3.8) is 0 Å². The zero-order valence-electron chi connectivity index (χ0n) is 14.5. The van der Waals surface area contributed by atoms with Crippen molar-refractivity contribution >= 4 is 17.2 Å². The Bertz CT molecular complexity index is 1090. The van der Waals surface area contributed by atoms with E-state index in [1.807, 2.05) is 65.4 Å². The monoisotopic (exact) mass is 346 g/mol. The molecule has 4 aromatic rings. The molecule has 1 aromatic carbocycles. The van der Waals surface area contributed by atoms with E-state index in [4.69, 9.17) is 0 Å². The number of hydrogen-bond donors (Lipinski definition) is 1. The minimum Gasteiger partial charge on any atom is -0.321 e. The Hall–Kier alpha value is -3.48. The topological polar surface area (TPSA) is 77.1 Å². The number of nitrogens with zero attached hydrogens (tertiary/aromatic N) is 5. The minimum atomic E-state index is -0.250. The van der Waals surface area contributed by atoms with E-state index in [1.54, 1.807) is 12.5 Å². The van der Waals surface area contributed by atoms with Gasteiger partial charge in [0.1, 0.15) is 17.7 Å². The van der Waals surface area contributed by atoms with Gasteiger partial charge < -0.3 is 14.3 Å².